The number of Topliss-reactive ketones (excluding diaryl/α,β-unsaturated/α-hetero) is 1. The summed E-state index contributed by atoms with van der Waals surface area (Å²) >= 11 is 3.66. The molecule has 2 nitrogen and oxygen atoms in total. The number of nitrogens with zero attached hydrogens (tertiary/aromatic N) is 1. The Balaban J connectivity index is 1.94. The lowest BCUT2D eigenvalue weighted by Crippen LogP contribution is -2.07. The first-order valence-electron chi connectivity index (χ1n) is 5.49. The second-order valence-electron chi connectivity index (χ2n) is 4.11. The van der Waals surface area contributed by atoms with Crippen LogP contribution in [-0.4, -0.2) is 16.5 Å². The van der Waals surface area contributed by atoms with Crippen molar-refractivity contribution < 1.29 is 4.79 Å². The van der Waals surface area contributed by atoms with E-state index in [9.17, 15) is 4.79 Å². The molecule has 0 bridgehead atoms. The molecule has 1 aromatic heterocycles. The van der Waals surface area contributed by atoms with Crippen LogP contribution in [0.3, 0.4) is 0 Å². The average molecular weight is 239 g/mol. The van der Waals surface area contributed by atoms with Crippen LogP contribution in [0.5, 0.6) is 0 Å². The Morgan fingerprint density at radius 1 is 1.27 bits per heavy atom. The second kappa shape index (κ2) is 3.91. The van der Waals surface area contributed by atoms with Crippen molar-refractivity contribution in [1.29, 1.82) is 0 Å². The maximum absolute atomic E-state index is 11.7. The highest BCUT2D eigenvalue weighted by atomic mass is 32.2. The Hall–Kier alpha value is -0.350. The van der Waals surface area contributed by atoms with Gasteiger partial charge in [0, 0.05) is 6.42 Å². The Kier molecular flexibility index (Phi) is 2.56. The number of hydrogen-bond donors (Lipinski definition) is 0. The zero-order valence-electron chi connectivity index (χ0n) is 8.49. The molecule has 1 atom stereocenters. The molecule has 1 aliphatic carbocycles. The zero-order chi connectivity index (χ0) is 10.3. The molecular weight excluding hydrogens is 226 g/mol. The van der Waals surface area contributed by atoms with E-state index >= 15 is 0 Å². The molecule has 80 valence electrons. The molecule has 1 fully saturated rings. The molecule has 1 aliphatic heterocycles. The van der Waals surface area contributed by atoms with Gasteiger partial charge < -0.3 is 0 Å². The fourth-order valence-electron chi connectivity index (χ4n) is 2.20. The molecule has 0 amide bonds. The van der Waals surface area contributed by atoms with Crippen LogP contribution in [0.2, 0.25) is 0 Å². The van der Waals surface area contributed by atoms with E-state index in [1.165, 1.54) is 23.6 Å². The normalized spacial score (nSPS) is 25.6. The van der Waals surface area contributed by atoms with E-state index < -0.39 is 0 Å². The minimum atomic E-state index is 0.322. The largest absolute Gasteiger partial charge is 0.293 e. The number of aromatic nitrogens is 1. The number of aryl methyl sites for hydroxylation is 1. The molecule has 0 saturated carbocycles. The van der Waals surface area contributed by atoms with Crippen LogP contribution in [0.15, 0.2) is 0 Å². The van der Waals surface area contributed by atoms with Crippen molar-refractivity contribution >= 4 is 28.9 Å². The Morgan fingerprint density at radius 3 is 2.93 bits per heavy atom. The Morgan fingerprint density at radius 2 is 2.20 bits per heavy atom. The second-order valence-corrected chi connectivity index (χ2v) is 6.45. The summed E-state index contributed by atoms with van der Waals surface area (Å²) in [7, 11) is 0. The van der Waals surface area contributed by atoms with Crippen molar-refractivity contribution in [1.82, 2.24) is 4.98 Å². The lowest BCUT2D eigenvalue weighted by molar-refractivity contribution is 0.0976. The van der Waals surface area contributed by atoms with Gasteiger partial charge in [-0.1, -0.05) is 0 Å². The van der Waals surface area contributed by atoms with Crippen molar-refractivity contribution in [2.45, 2.75) is 37.4 Å². The van der Waals surface area contributed by atoms with Gasteiger partial charge >= 0.3 is 0 Å². The standard InChI is InChI=1S/C11H13NOS2/c13-8-4-1-3-7-10(8)15-11(12-7)9-5-2-6-14-9/h9H,1-6H2. The fraction of sp³-hybridized carbons (Fsp3) is 0.636. The number of rotatable bonds is 1. The molecule has 0 spiro atoms. The van der Waals surface area contributed by atoms with Crippen LogP contribution in [0.1, 0.15) is 51.3 Å². The third-order valence-electron chi connectivity index (χ3n) is 2.99. The average Bonchev–Trinajstić information content (AvgIpc) is 2.86. The topological polar surface area (TPSA) is 30.0 Å². The molecule has 0 radical (unpaired) electrons. The lowest BCUT2D eigenvalue weighted by atomic mass is 10.0. The van der Waals surface area contributed by atoms with Gasteiger partial charge in [0.25, 0.3) is 0 Å². The number of thioether (sulfide) groups is 1. The van der Waals surface area contributed by atoms with Crippen molar-refractivity contribution in [3.05, 3.63) is 15.6 Å². The summed E-state index contributed by atoms with van der Waals surface area (Å²) in [5.74, 6) is 1.58. The summed E-state index contributed by atoms with van der Waals surface area (Å²) < 4.78 is 0. The van der Waals surface area contributed by atoms with Gasteiger partial charge in [-0.25, -0.2) is 4.98 Å². The summed E-state index contributed by atoms with van der Waals surface area (Å²) in [4.78, 5) is 17.3. The number of hydrogen-bond acceptors (Lipinski definition) is 4. The van der Waals surface area contributed by atoms with Crippen LogP contribution in [0.4, 0.5) is 0 Å². The van der Waals surface area contributed by atoms with Crippen LogP contribution in [0, 0.1) is 0 Å². The SMILES string of the molecule is O=C1CCCc2nc(C3CCCS3)sc21. The molecule has 15 heavy (non-hydrogen) atoms. The highest BCUT2D eigenvalue weighted by molar-refractivity contribution is 7.99. The fourth-order valence-corrected chi connectivity index (χ4v) is 4.79. The summed E-state index contributed by atoms with van der Waals surface area (Å²) in [5.41, 5.74) is 1.08. The lowest BCUT2D eigenvalue weighted by Gasteiger charge is -2.06. The molecule has 0 aromatic carbocycles. The number of thiazole rings is 1. The first-order valence-corrected chi connectivity index (χ1v) is 7.35. The zero-order valence-corrected chi connectivity index (χ0v) is 10.1. The highest BCUT2D eigenvalue weighted by Crippen LogP contribution is 2.43. The number of fused-ring (bicyclic) bond motifs is 1. The predicted octanol–water partition coefficient (Wildman–Crippen LogP) is 3.23. The van der Waals surface area contributed by atoms with Crippen molar-refractivity contribution in [3.8, 4) is 0 Å². The summed E-state index contributed by atoms with van der Waals surface area (Å²) in [6, 6.07) is 0. The predicted molar refractivity (Wildman–Crippen MR) is 63.8 cm³/mol. The number of ketones is 1. The minimum absolute atomic E-state index is 0.322. The maximum atomic E-state index is 11.7. The van der Waals surface area contributed by atoms with Gasteiger partial charge in [0.05, 0.1) is 15.8 Å². The molecule has 2 aliphatic rings. The molecule has 4 heteroatoms. The third kappa shape index (κ3) is 1.74. The first kappa shape index (κ1) is 9.85. The number of carbonyl (C=O) groups excluding carboxylic acids is 1. The van der Waals surface area contributed by atoms with Crippen molar-refractivity contribution in [3.63, 3.8) is 0 Å². The van der Waals surface area contributed by atoms with Gasteiger partial charge in [0.2, 0.25) is 0 Å². The number of carbonyl (C=O) groups is 1. The van der Waals surface area contributed by atoms with Gasteiger partial charge in [0.15, 0.2) is 5.78 Å². The Labute approximate surface area is 97.5 Å². The summed E-state index contributed by atoms with van der Waals surface area (Å²) in [6.07, 6.45) is 5.27. The summed E-state index contributed by atoms with van der Waals surface area (Å²) in [5, 5.41) is 1.78. The minimum Gasteiger partial charge on any atom is -0.293 e. The van der Waals surface area contributed by atoms with Crippen LogP contribution < -0.4 is 0 Å². The van der Waals surface area contributed by atoms with E-state index in [4.69, 9.17) is 0 Å². The van der Waals surface area contributed by atoms with E-state index in [0.717, 1.165) is 29.8 Å². The molecule has 2 heterocycles. The smallest absolute Gasteiger partial charge is 0.174 e. The van der Waals surface area contributed by atoms with Crippen LogP contribution >= 0.6 is 23.1 Å². The molecule has 1 unspecified atom stereocenters. The van der Waals surface area contributed by atoms with Gasteiger partial charge in [-0.05, 0) is 31.4 Å². The third-order valence-corrected chi connectivity index (χ3v) is 5.78. The van der Waals surface area contributed by atoms with Gasteiger partial charge in [-0.2, -0.15) is 11.8 Å². The van der Waals surface area contributed by atoms with E-state index in [0.29, 0.717) is 11.0 Å². The van der Waals surface area contributed by atoms with E-state index in [1.54, 1.807) is 11.3 Å². The van der Waals surface area contributed by atoms with E-state index in [2.05, 4.69) is 4.98 Å². The van der Waals surface area contributed by atoms with Gasteiger partial charge in [0.1, 0.15) is 5.01 Å². The first-order chi connectivity index (χ1) is 7.34. The summed E-state index contributed by atoms with van der Waals surface area (Å²) in [6.45, 7) is 0. The van der Waals surface area contributed by atoms with E-state index in [-0.39, 0.29) is 0 Å². The van der Waals surface area contributed by atoms with Gasteiger partial charge in [-0.15, -0.1) is 11.3 Å². The van der Waals surface area contributed by atoms with Crippen molar-refractivity contribution in [2.24, 2.45) is 0 Å². The van der Waals surface area contributed by atoms with Crippen molar-refractivity contribution in [2.75, 3.05) is 5.75 Å². The molecule has 0 N–H and O–H groups in total. The highest BCUT2D eigenvalue weighted by Gasteiger charge is 2.27. The molecule has 1 saturated heterocycles. The quantitative estimate of drug-likeness (QED) is 0.753. The molecular formula is C11H13NOS2. The van der Waals surface area contributed by atoms with E-state index in [1.807, 2.05) is 11.8 Å². The van der Waals surface area contributed by atoms with Crippen LogP contribution in [-0.2, 0) is 6.42 Å². The molecule has 1 aromatic rings. The monoisotopic (exact) mass is 239 g/mol. The van der Waals surface area contributed by atoms with Crippen LogP contribution in [0.25, 0.3) is 0 Å². The molecule has 3 rings (SSSR count). The Bertz CT molecular complexity index is 393. The maximum Gasteiger partial charge on any atom is 0.174 e. The van der Waals surface area contributed by atoms with Gasteiger partial charge in [-0.3, -0.25) is 4.79 Å².